The Balaban J connectivity index is 1.33. The van der Waals surface area contributed by atoms with Crippen LogP contribution in [0.15, 0.2) is 146 Å². The molecule has 0 aliphatic carbocycles. The molecular formula is C40H35N2OP. The van der Waals surface area contributed by atoms with Crippen LogP contribution in [-0.4, -0.2) is 9.55 Å². The Hall–Kier alpha value is -4.72. The van der Waals surface area contributed by atoms with Crippen molar-refractivity contribution in [1.29, 1.82) is 0 Å². The SMILES string of the molecule is [CH2-][P+](c1ccccc1)(c1ccccc1)c1cccc(Oc2ccc3c4ccccc4n(-c4cc(C(C)(C)C)ccn4)c3c2)c1. The highest BCUT2D eigenvalue weighted by Gasteiger charge is 2.33. The lowest BCUT2D eigenvalue weighted by Gasteiger charge is -2.30. The summed E-state index contributed by atoms with van der Waals surface area (Å²) in [5, 5.41) is 6.00. The quantitative estimate of drug-likeness (QED) is 0.143. The number of benzene rings is 5. The fourth-order valence-electron chi connectivity index (χ4n) is 6.00. The molecule has 5 aromatic carbocycles. The van der Waals surface area contributed by atoms with Gasteiger partial charge in [0.05, 0.1) is 26.9 Å². The van der Waals surface area contributed by atoms with Gasteiger partial charge >= 0.3 is 0 Å². The van der Waals surface area contributed by atoms with Crippen LogP contribution in [0.2, 0.25) is 0 Å². The minimum atomic E-state index is -2.13. The Morgan fingerprint density at radius 1 is 0.591 bits per heavy atom. The minimum Gasteiger partial charge on any atom is -0.457 e. The van der Waals surface area contributed by atoms with E-state index in [1.165, 1.54) is 32.2 Å². The van der Waals surface area contributed by atoms with E-state index in [2.05, 4.69) is 159 Å². The minimum absolute atomic E-state index is 0.0151. The predicted molar refractivity (Wildman–Crippen MR) is 188 cm³/mol. The first-order chi connectivity index (χ1) is 21.3. The average Bonchev–Trinajstić information content (AvgIpc) is 3.38. The van der Waals surface area contributed by atoms with Gasteiger partial charge in [-0.1, -0.05) is 81.4 Å². The lowest BCUT2D eigenvalue weighted by Crippen LogP contribution is -2.28. The lowest BCUT2D eigenvalue weighted by atomic mass is 9.88. The van der Waals surface area contributed by atoms with Crippen molar-refractivity contribution in [2.45, 2.75) is 26.2 Å². The van der Waals surface area contributed by atoms with Crippen molar-refractivity contribution in [3.05, 3.63) is 158 Å². The molecule has 216 valence electrons. The smallest absolute Gasteiger partial charge is 0.137 e. The van der Waals surface area contributed by atoms with Crippen LogP contribution in [0.25, 0.3) is 27.6 Å². The summed E-state index contributed by atoms with van der Waals surface area (Å²) >= 11 is 0. The number of nitrogens with zero attached hydrogens (tertiary/aromatic N) is 2. The Morgan fingerprint density at radius 3 is 1.91 bits per heavy atom. The van der Waals surface area contributed by atoms with E-state index in [0.29, 0.717) is 0 Å². The first-order valence-corrected chi connectivity index (χ1v) is 16.9. The zero-order valence-electron chi connectivity index (χ0n) is 25.3. The maximum absolute atomic E-state index is 6.62. The molecule has 0 atom stereocenters. The summed E-state index contributed by atoms with van der Waals surface area (Å²) in [5.41, 5.74) is 3.44. The first kappa shape index (κ1) is 28.1. The van der Waals surface area contributed by atoms with Crippen molar-refractivity contribution >= 4 is 45.0 Å². The second-order valence-corrected chi connectivity index (χ2v) is 15.4. The first-order valence-electron chi connectivity index (χ1n) is 15.0. The Bertz CT molecular complexity index is 2050. The van der Waals surface area contributed by atoms with Crippen LogP contribution in [0.5, 0.6) is 11.5 Å². The molecule has 0 spiro atoms. The molecule has 0 amide bonds. The Kier molecular flexibility index (Phi) is 7.07. The molecule has 0 fully saturated rings. The van der Waals surface area contributed by atoms with Gasteiger partial charge in [-0.3, -0.25) is 4.57 Å². The maximum Gasteiger partial charge on any atom is 0.137 e. The van der Waals surface area contributed by atoms with E-state index in [1.54, 1.807) is 0 Å². The summed E-state index contributed by atoms with van der Waals surface area (Å²) in [7, 11) is -2.13. The number of hydrogen-bond acceptors (Lipinski definition) is 2. The number of fused-ring (bicyclic) bond motifs is 3. The Labute approximate surface area is 260 Å². The van der Waals surface area contributed by atoms with Gasteiger partial charge in [0, 0.05) is 29.1 Å². The van der Waals surface area contributed by atoms with Crippen LogP contribution < -0.4 is 20.7 Å². The van der Waals surface area contributed by atoms with Crippen molar-refractivity contribution in [3.8, 4) is 17.3 Å². The summed E-state index contributed by atoms with van der Waals surface area (Å²) in [6, 6.07) is 48.9. The van der Waals surface area contributed by atoms with E-state index in [9.17, 15) is 0 Å². The molecule has 0 bridgehead atoms. The summed E-state index contributed by atoms with van der Waals surface area (Å²) in [5.74, 6) is 2.47. The van der Waals surface area contributed by atoms with Crippen LogP contribution in [0.3, 0.4) is 0 Å². The second-order valence-electron chi connectivity index (χ2n) is 12.3. The number of pyridine rings is 1. The lowest BCUT2D eigenvalue weighted by molar-refractivity contribution is 0.484. The van der Waals surface area contributed by atoms with Gasteiger partial charge in [0.1, 0.15) is 17.3 Å². The van der Waals surface area contributed by atoms with E-state index in [-0.39, 0.29) is 5.41 Å². The average molecular weight is 591 g/mol. The highest BCUT2D eigenvalue weighted by molar-refractivity contribution is 7.96. The molecule has 0 unspecified atom stereocenters. The molecule has 0 aliphatic heterocycles. The van der Waals surface area contributed by atoms with E-state index >= 15 is 0 Å². The van der Waals surface area contributed by atoms with Crippen LogP contribution in [0.4, 0.5) is 0 Å². The third-order valence-corrected chi connectivity index (χ3v) is 11.9. The predicted octanol–water partition coefficient (Wildman–Crippen LogP) is 9.35. The Morgan fingerprint density at radius 2 is 1.20 bits per heavy atom. The van der Waals surface area contributed by atoms with Crippen LogP contribution in [0.1, 0.15) is 26.3 Å². The third kappa shape index (κ3) is 4.98. The highest BCUT2D eigenvalue weighted by Crippen LogP contribution is 2.54. The fraction of sp³-hybridized carbons (Fsp3) is 0.100. The molecule has 0 saturated carbocycles. The molecule has 0 radical (unpaired) electrons. The maximum atomic E-state index is 6.62. The molecule has 0 aliphatic rings. The van der Waals surface area contributed by atoms with Gasteiger partial charge in [-0.15, -0.1) is 0 Å². The van der Waals surface area contributed by atoms with Gasteiger partial charge in [0.15, 0.2) is 0 Å². The monoisotopic (exact) mass is 590 g/mol. The number of aromatic nitrogens is 2. The second kappa shape index (κ2) is 11.1. The molecule has 44 heavy (non-hydrogen) atoms. The number of hydrogen-bond donors (Lipinski definition) is 0. The largest absolute Gasteiger partial charge is 0.457 e. The molecule has 0 N–H and O–H groups in total. The molecule has 3 nitrogen and oxygen atoms in total. The van der Waals surface area contributed by atoms with Gasteiger partial charge in [-0.25, -0.2) is 4.98 Å². The molecular weight excluding hydrogens is 555 g/mol. The standard InChI is InChI=1S/C40H35N2OP/c1-40(2,3)29-24-25-41-39(26-29)42-37-21-12-11-20-35(37)36-23-22-31(28-38(36)42)43-30-14-13-19-34(27-30)44(4,32-15-7-5-8-16-32)33-17-9-6-10-18-33/h5-28H,4H2,1-3H3. The van der Waals surface area contributed by atoms with Crippen LogP contribution in [0, 0.1) is 6.66 Å². The van der Waals surface area contributed by atoms with Gasteiger partial charge in [-0.2, -0.15) is 6.66 Å². The van der Waals surface area contributed by atoms with E-state index in [4.69, 9.17) is 16.4 Å². The molecule has 0 saturated heterocycles. The summed E-state index contributed by atoms with van der Waals surface area (Å²) in [4.78, 5) is 4.82. The van der Waals surface area contributed by atoms with Gasteiger partial charge < -0.3 is 4.74 Å². The highest BCUT2D eigenvalue weighted by atomic mass is 31.2. The topological polar surface area (TPSA) is 27.1 Å². The third-order valence-electron chi connectivity index (χ3n) is 8.37. The van der Waals surface area contributed by atoms with E-state index < -0.39 is 7.26 Å². The van der Waals surface area contributed by atoms with Crippen molar-refractivity contribution in [2.75, 3.05) is 0 Å². The zero-order chi connectivity index (χ0) is 30.3. The number of ether oxygens (including phenoxy) is 1. The van der Waals surface area contributed by atoms with Crippen LogP contribution in [-0.2, 0) is 5.41 Å². The number of rotatable bonds is 6. The summed E-state index contributed by atoms with van der Waals surface area (Å²) in [6.07, 6.45) is 1.91. The zero-order valence-corrected chi connectivity index (χ0v) is 26.2. The molecule has 2 aromatic heterocycles. The van der Waals surface area contributed by atoms with Crippen LogP contribution >= 0.6 is 7.26 Å². The van der Waals surface area contributed by atoms with Crippen molar-refractivity contribution < 1.29 is 4.74 Å². The molecule has 7 rings (SSSR count). The van der Waals surface area contributed by atoms with E-state index in [0.717, 1.165) is 28.4 Å². The van der Waals surface area contributed by atoms with Crippen molar-refractivity contribution in [1.82, 2.24) is 9.55 Å². The van der Waals surface area contributed by atoms with Gasteiger partial charge in [-0.05, 0) is 85.0 Å². The van der Waals surface area contributed by atoms with E-state index in [1.807, 2.05) is 12.3 Å². The molecule has 7 aromatic rings. The molecule has 2 heterocycles. The molecule has 4 heteroatoms. The van der Waals surface area contributed by atoms with Gasteiger partial charge in [0.2, 0.25) is 0 Å². The summed E-state index contributed by atoms with van der Waals surface area (Å²) in [6.45, 7) is 11.6. The van der Waals surface area contributed by atoms with Gasteiger partial charge in [0.25, 0.3) is 0 Å². The number of para-hydroxylation sites is 1. The fourth-order valence-corrected chi connectivity index (χ4v) is 8.95. The summed E-state index contributed by atoms with van der Waals surface area (Å²) < 4.78 is 8.87. The van der Waals surface area contributed by atoms with Crippen molar-refractivity contribution in [3.63, 3.8) is 0 Å². The normalized spacial score (nSPS) is 12.1. The van der Waals surface area contributed by atoms with Crippen molar-refractivity contribution in [2.24, 2.45) is 0 Å².